The topological polar surface area (TPSA) is 126 Å². The first-order valence-electron chi connectivity index (χ1n) is 17.0. The predicted octanol–water partition coefficient (Wildman–Crippen LogP) is 9.80. The summed E-state index contributed by atoms with van der Waals surface area (Å²) in [5.74, 6) is 0. The summed E-state index contributed by atoms with van der Waals surface area (Å²) in [6.07, 6.45) is 24.2. The van der Waals surface area contributed by atoms with Crippen LogP contribution in [0.2, 0.25) is 0 Å². The molecule has 0 amide bonds. The molecule has 0 aliphatic heterocycles. The fourth-order valence-electron chi connectivity index (χ4n) is 5.15. The Morgan fingerprint density at radius 1 is 0.404 bits per heavy atom. The molecule has 47 heavy (non-hydrogen) atoms. The minimum atomic E-state index is -5.91. The van der Waals surface area contributed by atoms with Crippen LogP contribution in [0.5, 0.6) is 0 Å². The van der Waals surface area contributed by atoms with Gasteiger partial charge in [0.2, 0.25) is 0 Å². The van der Waals surface area contributed by atoms with Crippen molar-refractivity contribution in [3.8, 4) is 0 Å². The fourth-order valence-corrected chi connectivity index (χ4v) is 7.86. The lowest BCUT2D eigenvalue weighted by molar-refractivity contribution is -0.332. The van der Waals surface area contributed by atoms with E-state index in [0.717, 1.165) is 63.5 Å². The Bertz CT molecular complexity index is 1210. The molecule has 0 aliphatic carbocycles. The molecule has 0 aromatic heterocycles. The van der Waals surface area contributed by atoms with E-state index in [1.54, 1.807) is 13.8 Å². The van der Waals surface area contributed by atoms with Crippen molar-refractivity contribution in [2.24, 2.45) is 0 Å². The second kappa shape index (κ2) is 22.8. The number of rotatable bonds is 22. The highest BCUT2D eigenvalue weighted by Gasteiger charge is 2.34. The molecule has 0 saturated heterocycles. The smallest absolute Gasteiger partial charge is 0.0617 e. The van der Waals surface area contributed by atoms with E-state index in [2.05, 4.69) is 65.8 Å². The first kappa shape index (κ1) is 45.2. The lowest BCUT2D eigenvalue weighted by Crippen LogP contribution is -2.43. The molecule has 0 spiro atoms. The van der Waals surface area contributed by atoms with Gasteiger partial charge < -0.3 is 28.7 Å². The SMILES string of the molecule is CC(C)=CCC/C(C)=C/CC/C(C)=C\CC/C(C)=C/C(/C=C(\C)CC/C=C(/C)CC/C=C(\C)CCC=C(C)C)(P(=O)([O-])[O-])P(=O)([O-])[O-]. The Kier molecular flexibility index (Phi) is 21.9. The van der Waals surface area contributed by atoms with E-state index >= 15 is 0 Å². The third-order valence-electron chi connectivity index (χ3n) is 8.10. The van der Waals surface area contributed by atoms with Gasteiger partial charge in [0, 0.05) is 0 Å². The third-order valence-corrected chi connectivity index (χ3v) is 11.8. The summed E-state index contributed by atoms with van der Waals surface area (Å²) in [6.45, 7) is 19.8. The van der Waals surface area contributed by atoms with Gasteiger partial charge in [-0.15, -0.1) is 0 Å². The van der Waals surface area contributed by atoms with Gasteiger partial charge in [-0.1, -0.05) is 93.2 Å². The lowest BCUT2D eigenvalue weighted by atomic mass is 10.0. The minimum absolute atomic E-state index is 0.328. The van der Waals surface area contributed by atoms with Gasteiger partial charge in [0.05, 0.1) is 4.90 Å². The Hall–Kier alpha value is -1.78. The van der Waals surface area contributed by atoms with E-state index in [1.165, 1.54) is 33.4 Å². The largest absolute Gasteiger partial charge is 0.810 e. The van der Waals surface area contributed by atoms with Crippen molar-refractivity contribution in [3.05, 3.63) is 93.2 Å². The summed E-state index contributed by atoms with van der Waals surface area (Å²) in [6, 6.07) is 0. The maximum atomic E-state index is 12.4. The van der Waals surface area contributed by atoms with E-state index < -0.39 is 20.1 Å². The Morgan fingerprint density at radius 2 is 0.617 bits per heavy atom. The highest BCUT2D eigenvalue weighted by atomic mass is 31.2. The van der Waals surface area contributed by atoms with E-state index in [-0.39, 0.29) is 0 Å². The monoisotopic (exact) mass is 688 g/mol. The van der Waals surface area contributed by atoms with Gasteiger partial charge in [0.25, 0.3) is 0 Å². The van der Waals surface area contributed by atoms with Gasteiger partial charge >= 0.3 is 0 Å². The van der Waals surface area contributed by atoms with Crippen LogP contribution < -0.4 is 19.6 Å². The zero-order valence-electron chi connectivity index (χ0n) is 30.9. The van der Waals surface area contributed by atoms with Crippen molar-refractivity contribution in [2.75, 3.05) is 0 Å². The maximum Gasteiger partial charge on any atom is 0.0617 e. The van der Waals surface area contributed by atoms with Crippen LogP contribution in [-0.2, 0) is 9.13 Å². The van der Waals surface area contributed by atoms with Gasteiger partial charge in [-0.3, -0.25) is 0 Å². The van der Waals surface area contributed by atoms with Gasteiger partial charge in [0.1, 0.15) is 0 Å². The average molecular weight is 689 g/mol. The van der Waals surface area contributed by atoms with Gasteiger partial charge in [-0.05, 0) is 161 Å². The third kappa shape index (κ3) is 20.4. The summed E-state index contributed by atoms with van der Waals surface area (Å²) < 4.78 is 24.9. The van der Waals surface area contributed by atoms with Crippen LogP contribution in [0.1, 0.15) is 146 Å². The molecule has 0 fully saturated rings. The molecule has 0 rings (SSSR count). The predicted molar refractivity (Wildman–Crippen MR) is 195 cm³/mol. The molecular formula is C39H62O6P2-4. The summed E-state index contributed by atoms with van der Waals surface area (Å²) in [5, 5.41) is 0. The highest BCUT2D eigenvalue weighted by molar-refractivity contribution is 7.70. The maximum absolute atomic E-state index is 12.4. The summed E-state index contributed by atoms with van der Waals surface area (Å²) in [5.41, 5.74) is 8.41. The number of allylic oxidation sites excluding steroid dienone is 16. The summed E-state index contributed by atoms with van der Waals surface area (Å²) in [4.78, 5) is 46.7. The lowest BCUT2D eigenvalue weighted by Gasteiger charge is -2.57. The van der Waals surface area contributed by atoms with Crippen molar-refractivity contribution in [1.29, 1.82) is 0 Å². The molecule has 0 bridgehead atoms. The first-order chi connectivity index (χ1) is 21.7. The van der Waals surface area contributed by atoms with Crippen molar-refractivity contribution < 1.29 is 28.7 Å². The Labute approximate surface area is 287 Å². The number of hydrogen-bond acceptors (Lipinski definition) is 6. The zero-order valence-corrected chi connectivity index (χ0v) is 32.7. The molecule has 0 aromatic rings. The van der Waals surface area contributed by atoms with E-state index in [9.17, 15) is 28.7 Å². The molecule has 6 nitrogen and oxygen atoms in total. The standard InChI is InChI=1S/C39H66O6P2/c1-31(2)17-11-19-33(5)21-13-23-35(7)25-15-27-37(9)29-39(46(40,41)42,47(43,44)45)30-38(10)28-16-26-36(8)24-14-22-34(6)20-12-18-32(3)4/h17-18,21-22,25-26,29-30H,11-16,19-20,23-24,27-28H2,1-10H3,(H2,40,41,42)(H2,43,44,45)/p-4/b33-21+,34-22+,35-25-,36-26-,37-29+,38-30+. The van der Waals surface area contributed by atoms with Crippen molar-refractivity contribution in [3.63, 3.8) is 0 Å². The van der Waals surface area contributed by atoms with Crippen LogP contribution in [-0.4, -0.2) is 4.90 Å². The van der Waals surface area contributed by atoms with Crippen molar-refractivity contribution in [2.45, 2.75) is 151 Å². The van der Waals surface area contributed by atoms with E-state index in [0.29, 0.717) is 36.8 Å². The van der Waals surface area contributed by atoms with Gasteiger partial charge in [-0.2, -0.15) is 0 Å². The van der Waals surface area contributed by atoms with Crippen LogP contribution in [0.15, 0.2) is 93.2 Å². The average Bonchev–Trinajstić information content (AvgIpc) is 2.91. The molecule has 0 saturated carbocycles. The van der Waals surface area contributed by atoms with Gasteiger partial charge in [0.15, 0.2) is 0 Å². The van der Waals surface area contributed by atoms with Crippen molar-refractivity contribution >= 4 is 15.2 Å². The highest BCUT2D eigenvalue weighted by Crippen LogP contribution is 2.63. The molecule has 8 heteroatoms. The minimum Gasteiger partial charge on any atom is -0.810 e. The quantitative estimate of drug-likeness (QED) is 0.0823. The van der Waals surface area contributed by atoms with Crippen LogP contribution in [0.25, 0.3) is 0 Å². The molecule has 0 radical (unpaired) electrons. The molecule has 0 heterocycles. The van der Waals surface area contributed by atoms with Gasteiger partial charge in [-0.25, -0.2) is 0 Å². The molecular weight excluding hydrogens is 626 g/mol. The second-order valence-electron chi connectivity index (χ2n) is 13.8. The number of hydrogen-bond donors (Lipinski definition) is 0. The zero-order chi connectivity index (χ0) is 36.3. The van der Waals surface area contributed by atoms with Crippen LogP contribution in [0.4, 0.5) is 0 Å². The Morgan fingerprint density at radius 3 is 0.830 bits per heavy atom. The first-order valence-corrected chi connectivity index (χ1v) is 20.1. The molecule has 0 unspecified atom stereocenters. The second-order valence-corrected chi connectivity index (χ2v) is 17.6. The molecule has 0 N–H and O–H groups in total. The Balaban J connectivity index is 5.50. The van der Waals surface area contributed by atoms with Crippen molar-refractivity contribution in [1.82, 2.24) is 0 Å². The fraction of sp³-hybridized carbons (Fsp3) is 0.590. The van der Waals surface area contributed by atoms with Crippen LogP contribution >= 0.6 is 15.2 Å². The van der Waals surface area contributed by atoms with Crippen LogP contribution in [0.3, 0.4) is 0 Å². The molecule has 0 atom stereocenters. The summed E-state index contributed by atoms with van der Waals surface area (Å²) in [7, 11) is -11.8. The molecule has 0 aromatic carbocycles. The van der Waals surface area contributed by atoms with E-state index in [1.807, 2.05) is 26.0 Å². The molecule has 0 aliphatic rings. The summed E-state index contributed by atoms with van der Waals surface area (Å²) >= 11 is 0. The van der Waals surface area contributed by atoms with Crippen LogP contribution in [0, 0.1) is 0 Å². The molecule has 268 valence electrons. The normalized spacial score (nSPS) is 14.9. The van der Waals surface area contributed by atoms with E-state index in [4.69, 9.17) is 0 Å².